The van der Waals surface area contributed by atoms with Gasteiger partial charge in [-0.1, -0.05) is 30.3 Å². The standard InChI is InChI=1S/C13H19N3O3S/c1-9-7-20-12(17)16(9)6-5-10-14-11(15-19-10)13(2,3)8-18-4/h7H,5-6,8H2,1-4H3. The van der Waals surface area contributed by atoms with E-state index in [9.17, 15) is 4.79 Å². The maximum Gasteiger partial charge on any atom is 0.307 e. The fourth-order valence-corrected chi connectivity index (χ4v) is 2.70. The Morgan fingerprint density at radius 3 is 2.85 bits per heavy atom. The lowest BCUT2D eigenvalue weighted by Gasteiger charge is -2.18. The van der Waals surface area contributed by atoms with Crippen LogP contribution in [0.1, 0.15) is 31.3 Å². The van der Waals surface area contributed by atoms with Gasteiger partial charge in [-0.2, -0.15) is 4.98 Å². The molecule has 0 saturated heterocycles. The van der Waals surface area contributed by atoms with Crippen LogP contribution in [0.25, 0.3) is 0 Å². The molecule has 6 nitrogen and oxygen atoms in total. The van der Waals surface area contributed by atoms with Crippen molar-refractivity contribution >= 4 is 11.3 Å². The zero-order chi connectivity index (χ0) is 14.8. The smallest absolute Gasteiger partial charge is 0.307 e. The molecule has 0 aromatic carbocycles. The summed E-state index contributed by atoms with van der Waals surface area (Å²) in [5.74, 6) is 1.17. The minimum Gasteiger partial charge on any atom is -0.384 e. The summed E-state index contributed by atoms with van der Waals surface area (Å²) in [6.45, 7) is 6.99. The molecule has 0 atom stereocenters. The fourth-order valence-electron chi connectivity index (χ4n) is 1.94. The summed E-state index contributed by atoms with van der Waals surface area (Å²) < 4.78 is 12.1. The van der Waals surface area contributed by atoms with E-state index in [0.717, 1.165) is 5.69 Å². The van der Waals surface area contributed by atoms with Gasteiger partial charge >= 0.3 is 4.87 Å². The van der Waals surface area contributed by atoms with Gasteiger partial charge < -0.3 is 13.8 Å². The van der Waals surface area contributed by atoms with Gasteiger partial charge in [0.1, 0.15) is 0 Å². The molecule has 0 bridgehead atoms. The van der Waals surface area contributed by atoms with E-state index < -0.39 is 0 Å². The van der Waals surface area contributed by atoms with Crippen molar-refractivity contribution in [2.24, 2.45) is 0 Å². The number of hydrogen-bond acceptors (Lipinski definition) is 6. The van der Waals surface area contributed by atoms with Crippen molar-refractivity contribution in [2.45, 2.75) is 39.2 Å². The Labute approximate surface area is 121 Å². The lowest BCUT2D eigenvalue weighted by molar-refractivity contribution is 0.140. The van der Waals surface area contributed by atoms with Gasteiger partial charge in [0.05, 0.1) is 12.0 Å². The first-order chi connectivity index (χ1) is 9.44. The number of aromatic nitrogens is 3. The van der Waals surface area contributed by atoms with E-state index in [-0.39, 0.29) is 10.3 Å². The van der Waals surface area contributed by atoms with Crippen molar-refractivity contribution < 1.29 is 9.26 Å². The zero-order valence-corrected chi connectivity index (χ0v) is 13.0. The van der Waals surface area contributed by atoms with E-state index >= 15 is 0 Å². The lowest BCUT2D eigenvalue weighted by Crippen LogP contribution is -2.25. The van der Waals surface area contributed by atoms with Gasteiger partial charge in [-0.05, 0) is 6.92 Å². The molecule has 0 aliphatic heterocycles. The van der Waals surface area contributed by atoms with Crippen LogP contribution in [0.2, 0.25) is 0 Å². The molecule has 110 valence electrons. The maximum atomic E-state index is 11.6. The second-order valence-electron chi connectivity index (χ2n) is 5.37. The van der Waals surface area contributed by atoms with Crippen LogP contribution in [0.4, 0.5) is 0 Å². The molecule has 0 aliphatic carbocycles. The number of ether oxygens (including phenoxy) is 1. The molecule has 2 aromatic rings. The van der Waals surface area contributed by atoms with Crippen molar-refractivity contribution in [3.63, 3.8) is 0 Å². The van der Waals surface area contributed by atoms with Crippen LogP contribution in [0.5, 0.6) is 0 Å². The highest BCUT2D eigenvalue weighted by Crippen LogP contribution is 2.20. The Bertz CT molecular complexity index is 627. The number of hydrogen-bond donors (Lipinski definition) is 0. The molecule has 2 heterocycles. The molecule has 0 aliphatic rings. The Kier molecular flexibility index (Phi) is 4.39. The van der Waals surface area contributed by atoms with Gasteiger partial charge in [0.2, 0.25) is 5.89 Å². The van der Waals surface area contributed by atoms with Crippen LogP contribution < -0.4 is 4.87 Å². The molecule has 0 radical (unpaired) electrons. The van der Waals surface area contributed by atoms with Gasteiger partial charge in [0, 0.05) is 31.1 Å². The second-order valence-corrected chi connectivity index (χ2v) is 6.19. The number of rotatable bonds is 6. The number of nitrogens with zero attached hydrogens (tertiary/aromatic N) is 3. The first-order valence-electron chi connectivity index (χ1n) is 6.41. The highest BCUT2D eigenvalue weighted by Gasteiger charge is 2.26. The number of aryl methyl sites for hydroxylation is 2. The third kappa shape index (κ3) is 3.16. The van der Waals surface area contributed by atoms with Crippen molar-refractivity contribution in [1.29, 1.82) is 0 Å². The normalized spacial score (nSPS) is 12.0. The third-order valence-corrected chi connectivity index (χ3v) is 3.99. The predicted octanol–water partition coefficient (Wildman–Crippen LogP) is 1.77. The fraction of sp³-hybridized carbons (Fsp3) is 0.615. The van der Waals surface area contributed by atoms with Crippen LogP contribution >= 0.6 is 11.3 Å². The quantitative estimate of drug-likeness (QED) is 0.812. The van der Waals surface area contributed by atoms with Crippen LogP contribution in [0, 0.1) is 6.92 Å². The van der Waals surface area contributed by atoms with Crippen LogP contribution in [-0.4, -0.2) is 28.4 Å². The van der Waals surface area contributed by atoms with Crippen molar-refractivity contribution in [2.75, 3.05) is 13.7 Å². The van der Waals surface area contributed by atoms with Crippen LogP contribution in [0.3, 0.4) is 0 Å². The van der Waals surface area contributed by atoms with E-state index in [1.165, 1.54) is 11.3 Å². The zero-order valence-electron chi connectivity index (χ0n) is 12.2. The van der Waals surface area contributed by atoms with Gasteiger partial charge in [0.15, 0.2) is 5.82 Å². The summed E-state index contributed by atoms with van der Waals surface area (Å²) >= 11 is 1.21. The molecule has 0 N–H and O–H groups in total. The predicted molar refractivity (Wildman–Crippen MR) is 76.2 cm³/mol. The third-order valence-electron chi connectivity index (χ3n) is 3.10. The molecule has 2 aromatic heterocycles. The lowest BCUT2D eigenvalue weighted by atomic mass is 9.94. The van der Waals surface area contributed by atoms with Gasteiger partial charge in [-0.3, -0.25) is 4.79 Å². The average molecular weight is 297 g/mol. The molecule has 0 saturated carbocycles. The Morgan fingerprint density at radius 1 is 1.50 bits per heavy atom. The molecule has 20 heavy (non-hydrogen) atoms. The molecule has 0 fully saturated rings. The first kappa shape index (κ1) is 14.9. The highest BCUT2D eigenvalue weighted by molar-refractivity contribution is 7.07. The van der Waals surface area contributed by atoms with Crippen molar-refractivity contribution in [3.05, 3.63) is 32.5 Å². The van der Waals surface area contributed by atoms with Gasteiger partial charge in [-0.15, -0.1) is 0 Å². The Balaban J connectivity index is 2.05. The first-order valence-corrected chi connectivity index (χ1v) is 7.29. The average Bonchev–Trinajstić information content (AvgIpc) is 2.96. The number of thiazole rings is 1. The second kappa shape index (κ2) is 5.88. The molecular formula is C13H19N3O3S. The van der Waals surface area contributed by atoms with E-state index in [1.54, 1.807) is 11.7 Å². The van der Waals surface area contributed by atoms with Gasteiger partial charge in [0.25, 0.3) is 0 Å². The van der Waals surface area contributed by atoms with E-state index in [2.05, 4.69) is 10.1 Å². The molecule has 0 amide bonds. The van der Waals surface area contributed by atoms with Crippen LogP contribution in [-0.2, 0) is 23.1 Å². The number of methoxy groups -OCH3 is 1. The topological polar surface area (TPSA) is 70.2 Å². The SMILES string of the molecule is COCC(C)(C)c1noc(CCn2c(C)csc2=O)n1. The molecule has 7 heteroatoms. The van der Waals surface area contributed by atoms with E-state index in [1.807, 2.05) is 26.2 Å². The summed E-state index contributed by atoms with van der Waals surface area (Å²) in [5.41, 5.74) is 0.672. The Hall–Kier alpha value is -1.47. The van der Waals surface area contributed by atoms with Gasteiger partial charge in [-0.25, -0.2) is 0 Å². The highest BCUT2D eigenvalue weighted by atomic mass is 32.1. The Morgan fingerprint density at radius 2 is 2.25 bits per heavy atom. The van der Waals surface area contributed by atoms with Crippen LogP contribution in [0.15, 0.2) is 14.7 Å². The summed E-state index contributed by atoms with van der Waals surface area (Å²) in [7, 11) is 1.65. The van der Waals surface area contributed by atoms with Crippen molar-refractivity contribution in [3.8, 4) is 0 Å². The molecule has 0 unspecified atom stereocenters. The molecular weight excluding hydrogens is 278 g/mol. The largest absolute Gasteiger partial charge is 0.384 e. The minimum absolute atomic E-state index is 0.0435. The molecule has 0 spiro atoms. The van der Waals surface area contributed by atoms with E-state index in [4.69, 9.17) is 9.26 Å². The monoisotopic (exact) mass is 297 g/mol. The molecule has 2 rings (SSSR count). The van der Waals surface area contributed by atoms with Crippen molar-refractivity contribution in [1.82, 2.24) is 14.7 Å². The summed E-state index contributed by atoms with van der Waals surface area (Å²) in [6.07, 6.45) is 0.549. The maximum absolute atomic E-state index is 11.6. The summed E-state index contributed by atoms with van der Waals surface area (Å²) in [4.78, 5) is 16.0. The summed E-state index contributed by atoms with van der Waals surface area (Å²) in [5, 5.41) is 5.85. The minimum atomic E-state index is -0.286. The summed E-state index contributed by atoms with van der Waals surface area (Å²) in [6, 6.07) is 0. The van der Waals surface area contributed by atoms with E-state index in [0.29, 0.717) is 31.3 Å².